The molecule has 0 aromatic rings. The maximum atomic E-state index is 11.1. The van der Waals surface area contributed by atoms with Gasteiger partial charge in [0.25, 0.3) is 0 Å². The summed E-state index contributed by atoms with van der Waals surface area (Å²) in [7, 11) is 1.56. The van der Waals surface area contributed by atoms with E-state index in [1.165, 1.54) is 18.4 Å². The van der Waals surface area contributed by atoms with Crippen molar-refractivity contribution in [1.82, 2.24) is 0 Å². The van der Waals surface area contributed by atoms with E-state index in [0.29, 0.717) is 6.42 Å². The van der Waals surface area contributed by atoms with E-state index in [2.05, 4.69) is 6.08 Å². The smallest absolute Gasteiger partial charge is 0.162 e. The van der Waals surface area contributed by atoms with Crippen molar-refractivity contribution in [3.05, 3.63) is 11.6 Å². The number of methoxy groups -OCH3 is 1. The van der Waals surface area contributed by atoms with Gasteiger partial charge in [-0.2, -0.15) is 0 Å². The lowest BCUT2D eigenvalue weighted by atomic mass is 9.96. The van der Waals surface area contributed by atoms with Crippen molar-refractivity contribution >= 4 is 5.78 Å². The van der Waals surface area contributed by atoms with Crippen molar-refractivity contribution in [2.45, 2.75) is 32.1 Å². The molecule has 0 N–H and O–H groups in total. The Morgan fingerprint density at radius 2 is 2.42 bits per heavy atom. The van der Waals surface area contributed by atoms with Crippen LogP contribution in [0, 0.1) is 0 Å². The molecule has 0 spiro atoms. The van der Waals surface area contributed by atoms with E-state index in [1.807, 2.05) is 0 Å². The first kappa shape index (κ1) is 9.46. The van der Waals surface area contributed by atoms with E-state index in [4.69, 9.17) is 4.74 Å². The minimum atomic E-state index is 0.200. The Morgan fingerprint density at radius 3 is 3.00 bits per heavy atom. The predicted molar refractivity (Wildman–Crippen MR) is 48.1 cm³/mol. The highest BCUT2D eigenvalue weighted by Gasteiger charge is 2.08. The Hall–Kier alpha value is -0.630. The first-order valence-electron chi connectivity index (χ1n) is 4.51. The van der Waals surface area contributed by atoms with Crippen molar-refractivity contribution in [1.29, 1.82) is 0 Å². The molecule has 0 aliphatic heterocycles. The van der Waals surface area contributed by atoms with Gasteiger partial charge in [-0.1, -0.05) is 11.6 Å². The highest BCUT2D eigenvalue weighted by atomic mass is 16.5. The van der Waals surface area contributed by atoms with Crippen molar-refractivity contribution in [3.63, 3.8) is 0 Å². The van der Waals surface area contributed by atoms with Crippen molar-refractivity contribution in [2.75, 3.05) is 13.7 Å². The Bertz CT molecular complexity index is 182. The Labute approximate surface area is 73.6 Å². The van der Waals surface area contributed by atoms with E-state index >= 15 is 0 Å². The second-order valence-corrected chi connectivity index (χ2v) is 3.26. The fraction of sp³-hybridized carbons (Fsp3) is 0.700. The molecule has 0 atom stereocenters. The van der Waals surface area contributed by atoms with Gasteiger partial charge in [-0.05, 0) is 25.7 Å². The molecule has 0 aromatic carbocycles. The molecule has 2 nitrogen and oxygen atoms in total. The number of ketones is 1. The van der Waals surface area contributed by atoms with Gasteiger partial charge in [0.1, 0.15) is 6.61 Å². The van der Waals surface area contributed by atoms with Crippen LogP contribution in [0.1, 0.15) is 32.1 Å². The second-order valence-electron chi connectivity index (χ2n) is 3.26. The van der Waals surface area contributed by atoms with E-state index < -0.39 is 0 Å². The van der Waals surface area contributed by atoms with Gasteiger partial charge in [0.2, 0.25) is 0 Å². The average Bonchev–Trinajstić information content (AvgIpc) is 2.06. The molecule has 0 heterocycles. The number of carbonyl (C=O) groups is 1. The van der Waals surface area contributed by atoms with Gasteiger partial charge in [-0.15, -0.1) is 0 Å². The number of hydrogen-bond donors (Lipinski definition) is 0. The van der Waals surface area contributed by atoms with Gasteiger partial charge in [-0.3, -0.25) is 4.79 Å². The fourth-order valence-electron chi connectivity index (χ4n) is 1.53. The van der Waals surface area contributed by atoms with Crippen LogP contribution in [-0.2, 0) is 9.53 Å². The van der Waals surface area contributed by atoms with Gasteiger partial charge in [0, 0.05) is 13.5 Å². The molecular weight excluding hydrogens is 152 g/mol. The molecule has 2 heteroatoms. The summed E-state index contributed by atoms with van der Waals surface area (Å²) in [6, 6.07) is 0. The zero-order valence-electron chi connectivity index (χ0n) is 7.64. The summed E-state index contributed by atoms with van der Waals surface area (Å²) in [6.07, 6.45) is 7.59. The number of Topliss-reactive ketones (excluding diaryl/α,β-unsaturated/α-hetero) is 1. The summed E-state index contributed by atoms with van der Waals surface area (Å²) in [5.41, 5.74) is 1.31. The topological polar surface area (TPSA) is 26.3 Å². The quantitative estimate of drug-likeness (QED) is 0.601. The predicted octanol–water partition coefficient (Wildman–Crippen LogP) is 2.09. The zero-order valence-corrected chi connectivity index (χ0v) is 7.64. The van der Waals surface area contributed by atoms with Crippen LogP contribution < -0.4 is 0 Å². The third-order valence-corrected chi connectivity index (χ3v) is 2.11. The number of rotatable bonds is 4. The molecule has 1 rings (SSSR count). The zero-order chi connectivity index (χ0) is 8.81. The van der Waals surface area contributed by atoms with Crippen molar-refractivity contribution in [2.24, 2.45) is 0 Å². The molecular formula is C10H16O2. The molecule has 1 aliphatic rings. The minimum absolute atomic E-state index is 0.200. The molecule has 0 fully saturated rings. The summed E-state index contributed by atoms with van der Waals surface area (Å²) in [6.45, 7) is 0.261. The SMILES string of the molecule is COCC(=O)CC1=CCCCC1. The van der Waals surface area contributed by atoms with Crippen LogP contribution in [0.3, 0.4) is 0 Å². The molecule has 0 amide bonds. The van der Waals surface area contributed by atoms with Crippen LogP contribution in [0.25, 0.3) is 0 Å². The number of carbonyl (C=O) groups excluding carboxylic acids is 1. The number of allylic oxidation sites excluding steroid dienone is 2. The van der Waals surface area contributed by atoms with Gasteiger partial charge in [0.05, 0.1) is 0 Å². The highest BCUT2D eigenvalue weighted by Crippen LogP contribution is 2.19. The van der Waals surface area contributed by atoms with Gasteiger partial charge >= 0.3 is 0 Å². The standard InChI is InChI=1S/C10H16O2/c1-12-8-10(11)7-9-5-3-2-4-6-9/h5H,2-4,6-8H2,1H3. The number of ether oxygens (including phenoxy) is 1. The summed E-state index contributed by atoms with van der Waals surface area (Å²) in [5.74, 6) is 0.200. The van der Waals surface area contributed by atoms with Gasteiger partial charge in [0.15, 0.2) is 5.78 Å². The molecule has 1 aliphatic carbocycles. The molecule has 0 bridgehead atoms. The largest absolute Gasteiger partial charge is 0.377 e. The van der Waals surface area contributed by atoms with Crippen molar-refractivity contribution in [3.8, 4) is 0 Å². The van der Waals surface area contributed by atoms with Crippen LogP contribution in [-0.4, -0.2) is 19.5 Å². The first-order valence-corrected chi connectivity index (χ1v) is 4.51. The first-order chi connectivity index (χ1) is 5.83. The number of hydrogen-bond acceptors (Lipinski definition) is 2. The summed E-state index contributed by atoms with van der Waals surface area (Å²) in [4.78, 5) is 11.1. The second kappa shape index (κ2) is 5.09. The molecule has 0 aromatic heterocycles. The third kappa shape index (κ3) is 3.18. The lowest BCUT2D eigenvalue weighted by Gasteiger charge is -2.11. The van der Waals surface area contributed by atoms with Gasteiger partial charge < -0.3 is 4.74 Å². The normalized spacial score (nSPS) is 17.2. The molecule has 0 saturated carbocycles. The van der Waals surface area contributed by atoms with Crippen LogP contribution >= 0.6 is 0 Å². The Kier molecular flexibility index (Phi) is 4.01. The minimum Gasteiger partial charge on any atom is -0.377 e. The van der Waals surface area contributed by atoms with E-state index in [1.54, 1.807) is 7.11 Å². The lowest BCUT2D eigenvalue weighted by Crippen LogP contribution is -2.08. The molecule has 0 radical (unpaired) electrons. The van der Waals surface area contributed by atoms with Gasteiger partial charge in [-0.25, -0.2) is 0 Å². The van der Waals surface area contributed by atoms with E-state index in [-0.39, 0.29) is 12.4 Å². The third-order valence-electron chi connectivity index (χ3n) is 2.11. The van der Waals surface area contributed by atoms with Crippen molar-refractivity contribution < 1.29 is 9.53 Å². The van der Waals surface area contributed by atoms with Crippen LogP contribution in [0.4, 0.5) is 0 Å². The van der Waals surface area contributed by atoms with Crippen LogP contribution in [0.5, 0.6) is 0 Å². The van der Waals surface area contributed by atoms with E-state index in [9.17, 15) is 4.79 Å². The highest BCUT2D eigenvalue weighted by molar-refractivity contribution is 5.82. The summed E-state index contributed by atoms with van der Waals surface area (Å²) < 4.78 is 4.77. The molecule has 0 unspecified atom stereocenters. The molecule has 0 saturated heterocycles. The van der Waals surface area contributed by atoms with Crippen LogP contribution in [0.15, 0.2) is 11.6 Å². The maximum absolute atomic E-state index is 11.1. The van der Waals surface area contributed by atoms with Crippen LogP contribution in [0.2, 0.25) is 0 Å². The van der Waals surface area contributed by atoms with E-state index in [0.717, 1.165) is 12.8 Å². The summed E-state index contributed by atoms with van der Waals surface area (Å²) >= 11 is 0. The molecule has 12 heavy (non-hydrogen) atoms. The fourth-order valence-corrected chi connectivity index (χ4v) is 1.53. The molecule has 68 valence electrons. The monoisotopic (exact) mass is 168 g/mol. The maximum Gasteiger partial charge on any atom is 0.162 e. The summed E-state index contributed by atoms with van der Waals surface area (Å²) in [5, 5.41) is 0. The Morgan fingerprint density at radius 1 is 1.58 bits per heavy atom. The lowest BCUT2D eigenvalue weighted by molar-refractivity contribution is -0.122. The Balaban J connectivity index is 2.29. The average molecular weight is 168 g/mol.